The van der Waals surface area contributed by atoms with E-state index in [4.69, 9.17) is 15.2 Å². The maximum absolute atomic E-state index is 5.68. The molecule has 0 unspecified atom stereocenters. The van der Waals surface area contributed by atoms with Crippen molar-refractivity contribution in [1.82, 2.24) is 0 Å². The average molecular weight is 294 g/mol. The van der Waals surface area contributed by atoms with E-state index in [1.807, 2.05) is 24.3 Å². The molecular weight excluding hydrogens is 274 g/mol. The van der Waals surface area contributed by atoms with Gasteiger partial charge >= 0.3 is 0 Å². The lowest BCUT2D eigenvalue weighted by molar-refractivity contribution is 0.351. The lowest BCUT2D eigenvalue weighted by Gasteiger charge is -2.12. The van der Waals surface area contributed by atoms with Crippen LogP contribution >= 0.6 is 12.4 Å². The summed E-state index contributed by atoms with van der Waals surface area (Å²) in [6, 6.07) is 13.9. The van der Waals surface area contributed by atoms with Crippen LogP contribution in [-0.2, 0) is 12.8 Å². The van der Waals surface area contributed by atoms with Crippen LogP contribution in [0.1, 0.15) is 11.1 Å². The fraction of sp³-hybridized carbons (Fsp3) is 0.250. The minimum atomic E-state index is 0. The van der Waals surface area contributed by atoms with Gasteiger partial charge in [0.1, 0.15) is 0 Å². The Hall–Kier alpha value is -1.87. The number of ether oxygens (including phenoxy) is 2. The zero-order valence-corrected chi connectivity index (χ0v) is 12.6. The van der Waals surface area contributed by atoms with Crippen molar-refractivity contribution in [3.8, 4) is 11.5 Å². The molecule has 0 saturated carbocycles. The van der Waals surface area contributed by atoms with Gasteiger partial charge in [-0.1, -0.05) is 24.3 Å². The molecule has 4 heteroatoms. The molecule has 0 amide bonds. The lowest BCUT2D eigenvalue weighted by Crippen LogP contribution is -1.98. The summed E-state index contributed by atoms with van der Waals surface area (Å²) in [4.78, 5) is 0. The quantitative estimate of drug-likeness (QED) is 0.858. The van der Waals surface area contributed by atoms with Crippen LogP contribution in [0.15, 0.2) is 42.5 Å². The number of benzene rings is 2. The highest BCUT2D eigenvalue weighted by Crippen LogP contribution is 2.31. The van der Waals surface area contributed by atoms with Gasteiger partial charge in [0.05, 0.1) is 14.2 Å². The molecule has 20 heavy (non-hydrogen) atoms. The lowest BCUT2D eigenvalue weighted by atomic mass is 10.0. The van der Waals surface area contributed by atoms with Gasteiger partial charge in [0.2, 0.25) is 0 Å². The number of halogens is 1. The van der Waals surface area contributed by atoms with Crippen molar-refractivity contribution in [2.24, 2.45) is 0 Å². The van der Waals surface area contributed by atoms with Gasteiger partial charge in [0, 0.05) is 5.69 Å². The predicted molar refractivity (Wildman–Crippen MR) is 85.1 cm³/mol. The van der Waals surface area contributed by atoms with Crippen LogP contribution in [0.3, 0.4) is 0 Å². The first-order chi connectivity index (χ1) is 9.24. The van der Waals surface area contributed by atoms with Gasteiger partial charge < -0.3 is 15.2 Å². The molecule has 0 spiro atoms. The Morgan fingerprint density at radius 1 is 0.900 bits per heavy atom. The molecule has 0 bridgehead atoms. The van der Waals surface area contributed by atoms with Crippen molar-refractivity contribution in [3.63, 3.8) is 0 Å². The Balaban J connectivity index is 0.00000200. The maximum atomic E-state index is 5.68. The molecule has 2 aromatic carbocycles. The summed E-state index contributed by atoms with van der Waals surface area (Å²) in [7, 11) is 3.33. The maximum Gasteiger partial charge on any atom is 0.163 e. The van der Waals surface area contributed by atoms with Crippen LogP contribution < -0.4 is 15.2 Å². The molecule has 3 nitrogen and oxygen atoms in total. The average Bonchev–Trinajstić information content (AvgIpc) is 2.46. The van der Waals surface area contributed by atoms with Crippen LogP contribution in [0, 0.1) is 0 Å². The number of hydrogen-bond acceptors (Lipinski definition) is 3. The number of rotatable bonds is 5. The van der Waals surface area contributed by atoms with E-state index >= 15 is 0 Å². The SMILES string of the molecule is COc1cccc(CCc2ccc(N)cc2)c1OC.Cl. The number of nitrogens with two attached hydrogens (primary N) is 1. The zero-order chi connectivity index (χ0) is 13.7. The molecule has 2 N–H and O–H groups in total. The summed E-state index contributed by atoms with van der Waals surface area (Å²) in [6.45, 7) is 0. The van der Waals surface area contributed by atoms with E-state index in [1.165, 1.54) is 5.56 Å². The van der Waals surface area contributed by atoms with E-state index in [2.05, 4.69) is 18.2 Å². The predicted octanol–water partition coefficient (Wildman–Crippen LogP) is 3.49. The third-order valence-electron chi connectivity index (χ3n) is 3.15. The molecule has 0 saturated heterocycles. The Kier molecular flexibility index (Phi) is 6.19. The number of hydrogen-bond donors (Lipinski definition) is 1. The van der Waals surface area contributed by atoms with Gasteiger partial charge in [-0.15, -0.1) is 12.4 Å². The Labute approximate surface area is 126 Å². The molecule has 2 aromatic rings. The summed E-state index contributed by atoms with van der Waals surface area (Å²) in [5.74, 6) is 1.60. The van der Waals surface area contributed by atoms with E-state index in [0.717, 1.165) is 35.6 Å². The zero-order valence-electron chi connectivity index (χ0n) is 11.8. The van der Waals surface area contributed by atoms with Crippen molar-refractivity contribution < 1.29 is 9.47 Å². The largest absolute Gasteiger partial charge is 0.493 e. The molecule has 0 aromatic heterocycles. The first kappa shape index (κ1) is 16.2. The number of para-hydroxylation sites is 1. The van der Waals surface area contributed by atoms with Crippen molar-refractivity contribution in [3.05, 3.63) is 53.6 Å². The molecule has 0 aliphatic rings. The number of anilines is 1. The van der Waals surface area contributed by atoms with Gasteiger partial charge in [-0.3, -0.25) is 0 Å². The normalized spacial score (nSPS) is 9.70. The molecule has 0 atom stereocenters. The summed E-state index contributed by atoms with van der Waals surface area (Å²) < 4.78 is 10.7. The third kappa shape index (κ3) is 3.81. The topological polar surface area (TPSA) is 44.5 Å². The second-order valence-corrected chi connectivity index (χ2v) is 4.39. The molecule has 2 rings (SSSR count). The van der Waals surface area contributed by atoms with Gasteiger partial charge in [0.15, 0.2) is 11.5 Å². The fourth-order valence-electron chi connectivity index (χ4n) is 2.11. The van der Waals surface area contributed by atoms with Gasteiger partial charge in [-0.2, -0.15) is 0 Å². The van der Waals surface area contributed by atoms with E-state index in [0.29, 0.717) is 0 Å². The molecule has 0 fully saturated rings. The minimum absolute atomic E-state index is 0. The van der Waals surface area contributed by atoms with Crippen molar-refractivity contribution in [2.75, 3.05) is 20.0 Å². The monoisotopic (exact) mass is 293 g/mol. The number of aryl methyl sites for hydroxylation is 2. The Morgan fingerprint density at radius 2 is 1.60 bits per heavy atom. The van der Waals surface area contributed by atoms with Crippen LogP contribution in [0.5, 0.6) is 11.5 Å². The van der Waals surface area contributed by atoms with Gasteiger partial charge in [0.25, 0.3) is 0 Å². The van der Waals surface area contributed by atoms with E-state index in [9.17, 15) is 0 Å². The first-order valence-corrected chi connectivity index (χ1v) is 6.29. The first-order valence-electron chi connectivity index (χ1n) is 6.29. The minimum Gasteiger partial charge on any atom is -0.493 e. The van der Waals surface area contributed by atoms with Crippen LogP contribution in [0.25, 0.3) is 0 Å². The second-order valence-electron chi connectivity index (χ2n) is 4.39. The highest BCUT2D eigenvalue weighted by atomic mass is 35.5. The van der Waals surface area contributed by atoms with E-state index in [-0.39, 0.29) is 12.4 Å². The molecule has 0 heterocycles. The van der Waals surface area contributed by atoms with Crippen LogP contribution in [0.2, 0.25) is 0 Å². The van der Waals surface area contributed by atoms with Gasteiger partial charge in [-0.25, -0.2) is 0 Å². The van der Waals surface area contributed by atoms with Crippen molar-refractivity contribution >= 4 is 18.1 Å². The van der Waals surface area contributed by atoms with Gasteiger partial charge in [-0.05, 0) is 42.2 Å². The Bertz CT molecular complexity index is 541. The fourth-order valence-corrected chi connectivity index (χ4v) is 2.11. The Morgan fingerprint density at radius 3 is 2.20 bits per heavy atom. The standard InChI is InChI=1S/C16H19NO2.ClH/c1-18-15-5-3-4-13(16(15)19-2)9-6-12-7-10-14(17)11-8-12;/h3-5,7-8,10-11H,6,9,17H2,1-2H3;1H. The van der Waals surface area contributed by atoms with E-state index in [1.54, 1.807) is 14.2 Å². The number of methoxy groups -OCH3 is 2. The third-order valence-corrected chi connectivity index (χ3v) is 3.15. The summed E-state index contributed by atoms with van der Waals surface area (Å²) >= 11 is 0. The molecular formula is C16H20ClNO2. The van der Waals surface area contributed by atoms with E-state index < -0.39 is 0 Å². The highest BCUT2D eigenvalue weighted by Gasteiger charge is 2.09. The van der Waals surface area contributed by atoms with Crippen LogP contribution in [-0.4, -0.2) is 14.2 Å². The summed E-state index contributed by atoms with van der Waals surface area (Å²) in [5.41, 5.74) is 8.89. The summed E-state index contributed by atoms with van der Waals surface area (Å²) in [6.07, 6.45) is 1.86. The molecule has 108 valence electrons. The molecule has 0 radical (unpaired) electrons. The van der Waals surface area contributed by atoms with Crippen molar-refractivity contribution in [2.45, 2.75) is 12.8 Å². The number of nitrogen functional groups attached to an aromatic ring is 1. The van der Waals surface area contributed by atoms with Crippen molar-refractivity contribution in [1.29, 1.82) is 0 Å². The highest BCUT2D eigenvalue weighted by molar-refractivity contribution is 5.85. The summed E-state index contributed by atoms with van der Waals surface area (Å²) in [5, 5.41) is 0. The molecule has 0 aliphatic heterocycles. The second kappa shape index (κ2) is 7.65. The smallest absolute Gasteiger partial charge is 0.163 e. The van der Waals surface area contributed by atoms with Crippen LogP contribution in [0.4, 0.5) is 5.69 Å². The molecule has 0 aliphatic carbocycles.